The van der Waals surface area contributed by atoms with Gasteiger partial charge < -0.3 is 4.74 Å². The van der Waals surface area contributed by atoms with Crippen molar-refractivity contribution < 1.29 is 13.9 Å². The van der Waals surface area contributed by atoms with Crippen LogP contribution in [0, 0.1) is 5.82 Å². The second-order valence-corrected chi connectivity index (χ2v) is 4.29. The highest BCUT2D eigenvalue weighted by Gasteiger charge is 2.04. The van der Waals surface area contributed by atoms with Crippen molar-refractivity contribution in [3.63, 3.8) is 0 Å². The number of rotatable bonds is 5. The van der Waals surface area contributed by atoms with Gasteiger partial charge in [0, 0.05) is 7.11 Å². The largest absolute Gasteiger partial charge is 0.384 e. The normalized spacial score (nSPS) is 10.4. The lowest BCUT2D eigenvalue weighted by atomic mass is 10.0. The topological polar surface area (TPSA) is 26.3 Å². The van der Waals surface area contributed by atoms with Gasteiger partial charge in [-0.1, -0.05) is 30.3 Å². The van der Waals surface area contributed by atoms with Crippen LogP contribution < -0.4 is 0 Å². The smallest absolute Gasteiger partial charge is 0.153 e. The summed E-state index contributed by atoms with van der Waals surface area (Å²) in [5.41, 5.74) is 3.07. The zero-order chi connectivity index (χ0) is 13.7. The Hall–Kier alpha value is -2.00. The molecule has 19 heavy (non-hydrogen) atoms. The third kappa shape index (κ3) is 3.26. The Bertz CT molecular complexity index is 561. The van der Waals surface area contributed by atoms with Crippen molar-refractivity contribution in [1.82, 2.24) is 0 Å². The molecule has 0 spiro atoms. The van der Waals surface area contributed by atoms with Crippen LogP contribution in [0.1, 0.15) is 15.9 Å². The summed E-state index contributed by atoms with van der Waals surface area (Å²) in [6, 6.07) is 12.5. The molecule has 0 aliphatic heterocycles. The Morgan fingerprint density at radius 2 is 1.79 bits per heavy atom. The van der Waals surface area contributed by atoms with E-state index in [1.807, 2.05) is 24.3 Å². The molecule has 2 rings (SSSR count). The number of halogens is 1. The van der Waals surface area contributed by atoms with Gasteiger partial charge in [-0.2, -0.15) is 0 Å². The van der Waals surface area contributed by atoms with E-state index in [-0.39, 0.29) is 5.56 Å². The van der Waals surface area contributed by atoms with Crippen molar-refractivity contribution in [2.75, 3.05) is 13.7 Å². The van der Waals surface area contributed by atoms with E-state index in [0.717, 1.165) is 17.5 Å². The number of ether oxygens (including phenoxy) is 1. The lowest BCUT2D eigenvalue weighted by Gasteiger charge is -2.05. The zero-order valence-corrected chi connectivity index (χ0v) is 10.7. The first-order valence-corrected chi connectivity index (χ1v) is 6.07. The molecule has 0 aliphatic carbocycles. The van der Waals surface area contributed by atoms with Crippen LogP contribution in [-0.4, -0.2) is 20.0 Å². The summed E-state index contributed by atoms with van der Waals surface area (Å²) < 4.78 is 18.3. The Balaban J connectivity index is 2.24. The van der Waals surface area contributed by atoms with Gasteiger partial charge >= 0.3 is 0 Å². The molecule has 0 bridgehead atoms. The number of aldehydes is 1. The van der Waals surface area contributed by atoms with Gasteiger partial charge in [-0.25, -0.2) is 4.39 Å². The van der Waals surface area contributed by atoms with Crippen LogP contribution in [0.5, 0.6) is 0 Å². The second-order valence-electron chi connectivity index (χ2n) is 4.29. The van der Waals surface area contributed by atoms with Gasteiger partial charge in [-0.3, -0.25) is 4.79 Å². The molecule has 0 aliphatic rings. The molecule has 0 fully saturated rings. The summed E-state index contributed by atoms with van der Waals surface area (Å²) in [5, 5.41) is 0. The first-order valence-electron chi connectivity index (χ1n) is 6.07. The van der Waals surface area contributed by atoms with Gasteiger partial charge in [-0.05, 0) is 35.2 Å². The van der Waals surface area contributed by atoms with E-state index >= 15 is 0 Å². The average Bonchev–Trinajstić information content (AvgIpc) is 2.46. The fourth-order valence-electron chi connectivity index (χ4n) is 1.90. The van der Waals surface area contributed by atoms with Crippen molar-refractivity contribution in [2.45, 2.75) is 6.42 Å². The van der Waals surface area contributed by atoms with E-state index in [0.29, 0.717) is 12.9 Å². The monoisotopic (exact) mass is 258 g/mol. The lowest BCUT2D eigenvalue weighted by molar-refractivity contribution is 0.112. The average molecular weight is 258 g/mol. The summed E-state index contributed by atoms with van der Waals surface area (Å²) in [6.45, 7) is 0.686. The molecule has 0 heterocycles. The number of carbonyl (C=O) groups is 1. The Morgan fingerprint density at radius 1 is 1.11 bits per heavy atom. The molecule has 0 amide bonds. The molecule has 0 atom stereocenters. The van der Waals surface area contributed by atoms with Crippen molar-refractivity contribution in [3.05, 3.63) is 59.4 Å². The summed E-state index contributed by atoms with van der Waals surface area (Å²) in [7, 11) is 1.67. The van der Waals surface area contributed by atoms with Crippen LogP contribution in [0.2, 0.25) is 0 Å². The standard InChI is InChI=1S/C16H15FO2/c1-19-9-8-12-2-4-13(5-3-12)14-6-7-16(17)15(10-14)11-18/h2-7,10-11H,8-9H2,1H3. The van der Waals surface area contributed by atoms with Crippen LogP contribution >= 0.6 is 0 Å². The number of methoxy groups -OCH3 is 1. The van der Waals surface area contributed by atoms with Gasteiger partial charge in [0.1, 0.15) is 5.82 Å². The van der Waals surface area contributed by atoms with E-state index in [1.165, 1.54) is 11.6 Å². The van der Waals surface area contributed by atoms with Crippen LogP contribution in [-0.2, 0) is 11.2 Å². The molecule has 2 nitrogen and oxygen atoms in total. The van der Waals surface area contributed by atoms with Gasteiger partial charge in [-0.15, -0.1) is 0 Å². The Labute approximate surface area is 111 Å². The molecule has 98 valence electrons. The van der Waals surface area contributed by atoms with E-state index < -0.39 is 5.82 Å². The SMILES string of the molecule is COCCc1ccc(-c2ccc(F)c(C=O)c2)cc1. The lowest BCUT2D eigenvalue weighted by Crippen LogP contribution is -1.94. The van der Waals surface area contributed by atoms with Gasteiger partial charge in [0.05, 0.1) is 12.2 Å². The maximum atomic E-state index is 13.2. The van der Waals surface area contributed by atoms with E-state index in [4.69, 9.17) is 4.74 Å². The van der Waals surface area contributed by atoms with E-state index in [1.54, 1.807) is 19.2 Å². The summed E-state index contributed by atoms with van der Waals surface area (Å²) >= 11 is 0. The number of hydrogen-bond acceptors (Lipinski definition) is 2. The van der Waals surface area contributed by atoms with Crippen molar-refractivity contribution >= 4 is 6.29 Å². The van der Waals surface area contributed by atoms with Crippen LogP contribution in [0.3, 0.4) is 0 Å². The van der Waals surface area contributed by atoms with Crippen LogP contribution in [0.4, 0.5) is 4.39 Å². The van der Waals surface area contributed by atoms with Gasteiger partial charge in [0.15, 0.2) is 6.29 Å². The highest BCUT2D eigenvalue weighted by Crippen LogP contribution is 2.22. The summed E-state index contributed by atoms with van der Waals surface area (Å²) in [5.74, 6) is -0.490. The van der Waals surface area contributed by atoms with Crippen molar-refractivity contribution in [2.24, 2.45) is 0 Å². The molecule has 0 saturated heterocycles. The third-order valence-electron chi connectivity index (χ3n) is 3.01. The highest BCUT2D eigenvalue weighted by atomic mass is 19.1. The predicted octanol–water partition coefficient (Wildman–Crippen LogP) is 3.49. The minimum atomic E-state index is -0.490. The summed E-state index contributed by atoms with van der Waals surface area (Å²) in [6.07, 6.45) is 1.39. The zero-order valence-electron chi connectivity index (χ0n) is 10.7. The second kappa shape index (κ2) is 6.25. The molecule has 2 aromatic carbocycles. The Kier molecular flexibility index (Phi) is 4.42. The third-order valence-corrected chi connectivity index (χ3v) is 3.01. The molecule has 2 aromatic rings. The molecule has 3 heteroatoms. The number of carbonyl (C=O) groups excluding carboxylic acids is 1. The molecule has 0 saturated carbocycles. The van der Waals surface area contributed by atoms with E-state index in [9.17, 15) is 9.18 Å². The minimum absolute atomic E-state index is 0.0842. The van der Waals surface area contributed by atoms with Gasteiger partial charge in [0.2, 0.25) is 0 Å². The van der Waals surface area contributed by atoms with Crippen LogP contribution in [0.25, 0.3) is 11.1 Å². The first-order chi connectivity index (χ1) is 9.24. The number of benzene rings is 2. The first kappa shape index (κ1) is 13.4. The fourth-order valence-corrected chi connectivity index (χ4v) is 1.90. The quantitative estimate of drug-likeness (QED) is 0.767. The Morgan fingerprint density at radius 3 is 2.42 bits per heavy atom. The number of hydrogen-bond donors (Lipinski definition) is 0. The van der Waals surface area contributed by atoms with E-state index in [2.05, 4.69) is 0 Å². The van der Waals surface area contributed by atoms with Crippen molar-refractivity contribution in [3.8, 4) is 11.1 Å². The highest BCUT2D eigenvalue weighted by molar-refractivity contribution is 5.79. The molecular formula is C16H15FO2. The molecule has 0 N–H and O–H groups in total. The van der Waals surface area contributed by atoms with Gasteiger partial charge in [0.25, 0.3) is 0 Å². The fraction of sp³-hybridized carbons (Fsp3) is 0.188. The molecular weight excluding hydrogens is 243 g/mol. The van der Waals surface area contributed by atoms with Crippen LogP contribution in [0.15, 0.2) is 42.5 Å². The molecule has 0 radical (unpaired) electrons. The van der Waals surface area contributed by atoms with Crippen molar-refractivity contribution in [1.29, 1.82) is 0 Å². The summed E-state index contributed by atoms with van der Waals surface area (Å²) in [4.78, 5) is 10.7. The minimum Gasteiger partial charge on any atom is -0.384 e. The predicted molar refractivity (Wildman–Crippen MR) is 72.8 cm³/mol. The molecule has 0 unspecified atom stereocenters. The maximum absolute atomic E-state index is 13.2. The maximum Gasteiger partial charge on any atom is 0.153 e. The molecule has 0 aromatic heterocycles.